The van der Waals surface area contributed by atoms with Crippen LogP contribution < -0.4 is 5.32 Å². The smallest absolute Gasteiger partial charge is 0.347 e. The third-order valence-corrected chi connectivity index (χ3v) is 4.24. The molecule has 0 radical (unpaired) electrons. The fourth-order valence-electron chi connectivity index (χ4n) is 2.95. The highest BCUT2D eigenvalue weighted by Gasteiger charge is 2.34. The number of alkyl halides is 3. The zero-order valence-electron chi connectivity index (χ0n) is 14.4. The highest BCUT2D eigenvalue weighted by molar-refractivity contribution is 5.84. The summed E-state index contributed by atoms with van der Waals surface area (Å²) in [5, 5.41) is 6.20. The molecule has 0 spiro atoms. The van der Waals surface area contributed by atoms with Gasteiger partial charge in [-0.15, -0.1) is 0 Å². The summed E-state index contributed by atoms with van der Waals surface area (Å²) >= 11 is 0. The van der Waals surface area contributed by atoms with Crippen molar-refractivity contribution in [2.24, 2.45) is 0 Å². The van der Waals surface area contributed by atoms with E-state index in [0.29, 0.717) is 13.0 Å². The van der Waals surface area contributed by atoms with Gasteiger partial charge in [0.05, 0.1) is 12.1 Å². The number of nitrogens with one attached hydrogen (secondary N) is 1. The molecule has 1 unspecified atom stereocenters. The van der Waals surface area contributed by atoms with Crippen LogP contribution in [-0.4, -0.2) is 39.9 Å². The van der Waals surface area contributed by atoms with Gasteiger partial charge in [0.15, 0.2) is 0 Å². The first-order valence-electron chi connectivity index (χ1n) is 8.31. The van der Waals surface area contributed by atoms with Crippen LogP contribution in [0.2, 0.25) is 0 Å². The maximum Gasteiger partial charge on any atom is 0.416 e. The number of rotatable bonds is 4. The van der Waals surface area contributed by atoms with Crippen LogP contribution in [0, 0.1) is 0 Å². The highest BCUT2D eigenvalue weighted by Crippen LogP contribution is 2.34. The maximum atomic E-state index is 12.9. The van der Waals surface area contributed by atoms with E-state index in [1.807, 2.05) is 0 Å². The van der Waals surface area contributed by atoms with Crippen LogP contribution in [0.4, 0.5) is 13.2 Å². The van der Waals surface area contributed by atoms with E-state index < -0.39 is 17.8 Å². The number of nitrogens with zero attached hydrogens (tertiary/aromatic N) is 3. The number of hydrogen-bond donors (Lipinski definition) is 1. The highest BCUT2D eigenvalue weighted by atomic mass is 19.4. The molecule has 0 bridgehead atoms. The third kappa shape index (κ3) is 4.26. The van der Waals surface area contributed by atoms with E-state index in [0.717, 1.165) is 18.6 Å². The Balaban J connectivity index is 1.79. The maximum absolute atomic E-state index is 12.9. The van der Waals surface area contributed by atoms with E-state index in [1.54, 1.807) is 0 Å². The number of halogens is 3. The van der Waals surface area contributed by atoms with E-state index in [1.165, 1.54) is 24.0 Å². The summed E-state index contributed by atoms with van der Waals surface area (Å²) in [4.78, 5) is 28.9. The van der Waals surface area contributed by atoms with Crippen molar-refractivity contribution in [1.82, 2.24) is 20.4 Å². The minimum atomic E-state index is -4.47. The van der Waals surface area contributed by atoms with Crippen LogP contribution in [0.5, 0.6) is 0 Å². The number of benzene rings is 1. The molecule has 1 aromatic heterocycles. The predicted molar refractivity (Wildman–Crippen MR) is 87.1 cm³/mol. The average Bonchev–Trinajstić information content (AvgIpc) is 3.28. The van der Waals surface area contributed by atoms with E-state index in [4.69, 9.17) is 4.52 Å². The minimum Gasteiger partial charge on any atom is -0.347 e. The fourth-order valence-corrected chi connectivity index (χ4v) is 2.95. The van der Waals surface area contributed by atoms with Crippen LogP contribution >= 0.6 is 0 Å². The molecule has 10 heteroatoms. The van der Waals surface area contributed by atoms with Gasteiger partial charge in [-0.25, -0.2) is 0 Å². The van der Waals surface area contributed by atoms with Crippen molar-refractivity contribution < 1.29 is 27.3 Å². The van der Waals surface area contributed by atoms with E-state index >= 15 is 0 Å². The zero-order chi connectivity index (χ0) is 19.6. The lowest BCUT2D eigenvalue weighted by atomic mass is 10.1. The number of hydrogen-bond acceptors (Lipinski definition) is 5. The summed E-state index contributed by atoms with van der Waals surface area (Å²) in [6, 6.07) is 4.18. The second-order valence-electron chi connectivity index (χ2n) is 6.19. The van der Waals surface area contributed by atoms with Crippen LogP contribution in [0.25, 0.3) is 11.4 Å². The summed E-state index contributed by atoms with van der Waals surface area (Å²) in [5.41, 5.74) is -0.631. The predicted octanol–water partition coefficient (Wildman–Crippen LogP) is 2.56. The topological polar surface area (TPSA) is 88.3 Å². The van der Waals surface area contributed by atoms with E-state index in [9.17, 15) is 22.8 Å². The molecule has 0 aliphatic carbocycles. The first-order chi connectivity index (χ1) is 12.8. The zero-order valence-corrected chi connectivity index (χ0v) is 14.4. The van der Waals surface area contributed by atoms with Crippen molar-refractivity contribution in [3.63, 3.8) is 0 Å². The standard InChI is InChI=1S/C17H17F3N4O3/c1-10(25)21-9-14(26)24-7-3-6-13(24)16-22-15(23-27-16)11-4-2-5-12(8-11)17(18,19)20/h2,4-5,8,13H,3,6-7,9H2,1H3,(H,21,25). The Hall–Kier alpha value is -2.91. The number of carbonyl (C=O) groups excluding carboxylic acids is 2. The molecule has 0 saturated carbocycles. The summed E-state index contributed by atoms with van der Waals surface area (Å²) < 4.78 is 43.8. The number of amides is 2. The molecule has 144 valence electrons. The fraction of sp³-hybridized carbons (Fsp3) is 0.412. The Bertz CT molecular complexity index is 850. The molecule has 1 atom stereocenters. The van der Waals surface area contributed by atoms with Gasteiger partial charge < -0.3 is 14.7 Å². The van der Waals surface area contributed by atoms with E-state index in [2.05, 4.69) is 15.5 Å². The second kappa shape index (κ2) is 7.37. The van der Waals surface area contributed by atoms with Gasteiger partial charge in [-0.1, -0.05) is 17.3 Å². The Morgan fingerprint density at radius 1 is 1.37 bits per heavy atom. The molecule has 1 aliphatic rings. The molecular weight excluding hydrogens is 365 g/mol. The van der Waals surface area contributed by atoms with Crippen molar-refractivity contribution in [3.05, 3.63) is 35.7 Å². The van der Waals surface area contributed by atoms with Crippen LogP contribution in [-0.2, 0) is 15.8 Å². The summed E-state index contributed by atoms with van der Waals surface area (Å²) in [7, 11) is 0. The number of likely N-dealkylation sites (tertiary alicyclic amines) is 1. The van der Waals surface area contributed by atoms with Gasteiger partial charge in [0, 0.05) is 19.0 Å². The summed E-state index contributed by atoms with van der Waals surface area (Å²) in [5.74, 6) is -0.413. The molecule has 1 N–H and O–H groups in total. The monoisotopic (exact) mass is 382 g/mol. The van der Waals surface area contributed by atoms with Crippen molar-refractivity contribution in [1.29, 1.82) is 0 Å². The van der Waals surface area contributed by atoms with Crippen LogP contribution in [0.3, 0.4) is 0 Å². The molecule has 1 saturated heterocycles. The lowest BCUT2D eigenvalue weighted by molar-refractivity contribution is -0.137. The minimum absolute atomic E-state index is 0.0252. The molecule has 7 nitrogen and oxygen atoms in total. The van der Waals surface area contributed by atoms with Crippen molar-refractivity contribution in [2.45, 2.75) is 32.0 Å². The average molecular weight is 382 g/mol. The van der Waals surface area contributed by atoms with Gasteiger partial charge >= 0.3 is 6.18 Å². The molecule has 1 aromatic carbocycles. The third-order valence-electron chi connectivity index (χ3n) is 4.24. The quantitative estimate of drug-likeness (QED) is 0.878. The Morgan fingerprint density at radius 3 is 2.85 bits per heavy atom. The molecular formula is C17H17F3N4O3. The molecule has 1 fully saturated rings. The first-order valence-corrected chi connectivity index (χ1v) is 8.31. The first kappa shape index (κ1) is 18.9. The van der Waals surface area contributed by atoms with Gasteiger partial charge in [-0.3, -0.25) is 9.59 Å². The second-order valence-corrected chi connectivity index (χ2v) is 6.19. The molecule has 2 amide bonds. The molecule has 2 aromatic rings. The SMILES string of the molecule is CC(=O)NCC(=O)N1CCCC1c1nc(-c2cccc(C(F)(F)F)c2)no1. The lowest BCUT2D eigenvalue weighted by Crippen LogP contribution is -2.39. The molecule has 3 rings (SSSR count). The van der Waals surface area contributed by atoms with E-state index in [-0.39, 0.29) is 35.6 Å². The van der Waals surface area contributed by atoms with Crippen molar-refractivity contribution >= 4 is 11.8 Å². The van der Waals surface area contributed by atoms with Crippen LogP contribution in [0.1, 0.15) is 37.3 Å². The van der Waals surface area contributed by atoms with Gasteiger partial charge in [0.2, 0.25) is 23.5 Å². The normalized spacial score (nSPS) is 17.2. The number of carbonyl (C=O) groups is 2. The molecule has 27 heavy (non-hydrogen) atoms. The number of aromatic nitrogens is 2. The molecule has 2 heterocycles. The van der Waals surface area contributed by atoms with Gasteiger partial charge in [-0.05, 0) is 25.0 Å². The molecule has 1 aliphatic heterocycles. The van der Waals surface area contributed by atoms with Gasteiger partial charge in [0.25, 0.3) is 0 Å². The summed E-state index contributed by atoms with van der Waals surface area (Å²) in [6.07, 6.45) is -3.16. The largest absolute Gasteiger partial charge is 0.416 e. The van der Waals surface area contributed by atoms with Gasteiger partial charge in [0.1, 0.15) is 6.04 Å². The Kier molecular flexibility index (Phi) is 5.15. The van der Waals surface area contributed by atoms with Crippen molar-refractivity contribution in [3.8, 4) is 11.4 Å². The Morgan fingerprint density at radius 2 is 2.15 bits per heavy atom. The van der Waals surface area contributed by atoms with Gasteiger partial charge in [-0.2, -0.15) is 18.2 Å². The summed E-state index contributed by atoms with van der Waals surface area (Å²) in [6.45, 7) is 1.65. The Labute approximate surface area is 152 Å². The lowest BCUT2D eigenvalue weighted by Gasteiger charge is -2.21. The van der Waals surface area contributed by atoms with Crippen LogP contribution in [0.15, 0.2) is 28.8 Å². The van der Waals surface area contributed by atoms with Crippen molar-refractivity contribution in [2.75, 3.05) is 13.1 Å².